The van der Waals surface area contributed by atoms with Gasteiger partial charge in [-0.25, -0.2) is 4.98 Å². The molecule has 0 aliphatic heterocycles. The molecule has 0 radical (unpaired) electrons. The molecule has 1 amide bonds. The van der Waals surface area contributed by atoms with Crippen LogP contribution in [0.25, 0.3) is 10.9 Å². The van der Waals surface area contributed by atoms with Crippen LogP contribution in [0.2, 0.25) is 10.0 Å². The van der Waals surface area contributed by atoms with Crippen molar-refractivity contribution >= 4 is 57.5 Å². The molecule has 0 saturated heterocycles. The smallest absolute Gasteiger partial charge is 0.262 e. The van der Waals surface area contributed by atoms with E-state index in [2.05, 4.69) is 10.3 Å². The summed E-state index contributed by atoms with van der Waals surface area (Å²) in [5.74, 6) is -0.0763. The Morgan fingerprint density at radius 3 is 2.79 bits per heavy atom. The highest BCUT2D eigenvalue weighted by Crippen LogP contribution is 2.24. The summed E-state index contributed by atoms with van der Waals surface area (Å²) in [5.41, 5.74) is 1.88. The van der Waals surface area contributed by atoms with Crippen LogP contribution in [-0.4, -0.2) is 21.2 Å². The lowest BCUT2D eigenvalue weighted by molar-refractivity contribution is -0.113. The molecule has 28 heavy (non-hydrogen) atoms. The molecule has 0 spiro atoms. The van der Waals surface area contributed by atoms with Gasteiger partial charge in [0.2, 0.25) is 5.91 Å². The molecule has 8 heteroatoms. The zero-order valence-corrected chi connectivity index (χ0v) is 17.8. The van der Waals surface area contributed by atoms with Crippen LogP contribution in [0.1, 0.15) is 18.9 Å². The van der Waals surface area contributed by atoms with Gasteiger partial charge in [0.25, 0.3) is 5.56 Å². The van der Waals surface area contributed by atoms with E-state index in [1.165, 1.54) is 11.8 Å². The quantitative estimate of drug-likeness (QED) is 0.429. The van der Waals surface area contributed by atoms with Crippen LogP contribution in [0, 0.1) is 6.92 Å². The summed E-state index contributed by atoms with van der Waals surface area (Å²) >= 11 is 13.4. The zero-order valence-electron chi connectivity index (χ0n) is 15.5. The number of carbonyl (C=O) groups excluding carboxylic acids is 1. The lowest BCUT2D eigenvalue weighted by Gasteiger charge is -2.13. The van der Waals surface area contributed by atoms with Crippen LogP contribution in [-0.2, 0) is 11.3 Å². The fraction of sp³-hybridized carbons (Fsp3) is 0.250. The molecule has 0 bridgehead atoms. The minimum atomic E-state index is -0.196. The molecule has 1 aromatic heterocycles. The Labute approximate surface area is 177 Å². The van der Waals surface area contributed by atoms with Crippen molar-refractivity contribution in [2.45, 2.75) is 32.0 Å². The van der Waals surface area contributed by atoms with Crippen LogP contribution >= 0.6 is 35.0 Å². The van der Waals surface area contributed by atoms with Crippen LogP contribution in [0.3, 0.4) is 0 Å². The Morgan fingerprint density at radius 1 is 1.25 bits per heavy atom. The minimum absolute atomic E-state index is 0.119. The molecule has 0 saturated carbocycles. The predicted octanol–water partition coefficient (Wildman–Crippen LogP) is 5.15. The predicted molar refractivity (Wildman–Crippen MR) is 117 cm³/mol. The number of rotatable bonds is 6. The molecule has 146 valence electrons. The second-order valence-electron chi connectivity index (χ2n) is 6.26. The molecule has 0 aliphatic rings. The number of nitrogens with zero attached hydrogens (tertiary/aromatic N) is 2. The third-order valence-electron chi connectivity index (χ3n) is 4.20. The van der Waals surface area contributed by atoms with E-state index in [9.17, 15) is 9.59 Å². The molecule has 1 N–H and O–H groups in total. The topological polar surface area (TPSA) is 64.0 Å². The molecule has 5 nitrogen and oxygen atoms in total. The van der Waals surface area contributed by atoms with Crippen molar-refractivity contribution in [3.8, 4) is 0 Å². The van der Waals surface area contributed by atoms with Gasteiger partial charge in [0, 0.05) is 22.3 Å². The van der Waals surface area contributed by atoms with Gasteiger partial charge in [-0.05, 0) is 49.2 Å². The maximum Gasteiger partial charge on any atom is 0.262 e. The van der Waals surface area contributed by atoms with Crippen molar-refractivity contribution in [2.75, 3.05) is 11.1 Å². The van der Waals surface area contributed by atoms with Crippen molar-refractivity contribution in [1.82, 2.24) is 9.55 Å². The summed E-state index contributed by atoms with van der Waals surface area (Å²) < 4.78 is 1.61. The zero-order chi connectivity index (χ0) is 20.3. The first-order chi connectivity index (χ1) is 13.4. The molecule has 0 atom stereocenters. The van der Waals surface area contributed by atoms with Crippen molar-refractivity contribution in [3.63, 3.8) is 0 Å². The van der Waals surface area contributed by atoms with Crippen LogP contribution in [0.5, 0.6) is 0 Å². The highest BCUT2D eigenvalue weighted by Gasteiger charge is 2.14. The van der Waals surface area contributed by atoms with Gasteiger partial charge >= 0.3 is 0 Å². The average molecular weight is 436 g/mol. The molecule has 0 aliphatic carbocycles. The van der Waals surface area contributed by atoms with Crippen molar-refractivity contribution in [2.24, 2.45) is 0 Å². The van der Waals surface area contributed by atoms with Gasteiger partial charge in [-0.1, -0.05) is 48.0 Å². The highest BCUT2D eigenvalue weighted by molar-refractivity contribution is 7.99. The second kappa shape index (κ2) is 8.99. The van der Waals surface area contributed by atoms with Gasteiger partial charge in [-0.2, -0.15) is 0 Å². The summed E-state index contributed by atoms with van der Waals surface area (Å²) in [6.07, 6.45) is 0.780. The van der Waals surface area contributed by atoms with Crippen molar-refractivity contribution < 1.29 is 4.79 Å². The first kappa shape index (κ1) is 20.7. The average Bonchev–Trinajstić information content (AvgIpc) is 2.66. The van der Waals surface area contributed by atoms with Crippen LogP contribution < -0.4 is 10.9 Å². The van der Waals surface area contributed by atoms with E-state index in [0.29, 0.717) is 38.3 Å². The molecule has 3 rings (SSSR count). The lowest BCUT2D eigenvalue weighted by Crippen LogP contribution is -2.24. The summed E-state index contributed by atoms with van der Waals surface area (Å²) in [7, 11) is 0. The van der Waals surface area contributed by atoms with Gasteiger partial charge in [0.15, 0.2) is 5.16 Å². The Balaban J connectivity index is 1.84. The molecule has 0 fully saturated rings. The van der Waals surface area contributed by atoms with E-state index < -0.39 is 0 Å². The van der Waals surface area contributed by atoms with Crippen LogP contribution in [0.4, 0.5) is 5.69 Å². The summed E-state index contributed by atoms with van der Waals surface area (Å²) in [5, 5.41) is 4.97. The van der Waals surface area contributed by atoms with Gasteiger partial charge in [-0.15, -0.1) is 0 Å². The second-order valence-corrected chi connectivity index (χ2v) is 8.05. The Hall–Kier alpha value is -2.02. The first-order valence-electron chi connectivity index (χ1n) is 8.78. The van der Waals surface area contributed by atoms with Gasteiger partial charge in [-0.3, -0.25) is 14.2 Å². The Kier molecular flexibility index (Phi) is 6.65. The standard InChI is InChI=1S/C20H19Cl2N3O2S/c1-3-9-25-19(27)14-8-7-13(21)10-17(14)24-20(25)28-11-18(26)23-16-6-4-5-15(22)12(16)2/h4-8,10H,3,9,11H2,1-2H3,(H,23,26). The highest BCUT2D eigenvalue weighted by atomic mass is 35.5. The number of hydrogen-bond donors (Lipinski definition) is 1. The SMILES string of the molecule is CCCn1c(SCC(=O)Nc2cccc(Cl)c2C)nc2cc(Cl)ccc2c1=O. The Bertz CT molecular complexity index is 1100. The maximum atomic E-state index is 12.8. The summed E-state index contributed by atoms with van der Waals surface area (Å²) in [4.78, 5) is 29.8. The van der Waals surface area contributed by atoms with E-state index in [1.54, 1.807) is 41.0 Å². The van der Waals surface area contributed by atoms with E-state index in [1.807, 2.05) is 13.8 Å². The number of thioether (sulfide) groups is 1. The van der Waals surface area contributed by atoms with Gasteiger partial charge in [0.05, 0.1) is 16.7 Å². The number of carbonyl (C=O) groups is 1. The van der Waals surface area contributed by atoms with Crippen molar-refractivity contribution in [1.29, 1.82) is 0 Å². The monoisotopic (exact) mass is 435 g/mol. The largest absolute Gasteiger partial charge is 0.325 e. The third-order valence-corrected chi connectivity index (χ3v) is 5.82. The maximum absolute atomic E-state index is 12.8. The summed E-state index contributed by atoms with van der Waals surface area (Å²) in [6.45, 7) is 4.36. The molecule has 3 aromatic rings. The molecular weight excluding hydrogens is 417 g/mol. The number of hydrogen-bond acceptors (Lipinski definition) is 4. The molecule has 0 unspecified atom stereocenters. The van der Waals surface area contributed by atoms with Crippen molar-refractivity contribution in [3.05, 3.63) is 62.4 Å². The van der Waals surface area contributed by atoms with E-state index in [0.717, 1.165) is 12.0 Å². The van der Waals surface area contributed by atoms with Gasteiger partial charge < -0.3 is 5.32 Å². The number of fused-ring (bicyclic) bond motifs is 1. The summed E-state index contributed by atoms with van der Waals surface area (Å²) in [6, 6.07) is 10.4. The number of aromatic nitrogens is 2. The molecule has 2 aromatic carbocycles. The van der Waals surface area contributed by atoms with E-state index in [-0.39, 0.29) is 17.2 Å². The number of anilines is 1. The fourth-order valence-corrected chi connectivity index (χ4v) is 3.93. The van der Waals surface area contributed by atoms with E-state index in [4.69, 9.17) is 23.2 Å². The molecular formula is C20H19Cl2N3O2S. The third kappa shape index (κ3) is 4.51. The number of amides is 1. The molecule has 1 heterocycles. The first-order valence-corrected chi connectivity index (χ1v) is 10.5. The van der Waals surface area contributed by atoms with E-state index >= 15 is 0 Å². The number of benzene rings is 2. The minimum Gasteiger partial charge on any atom is -0.325 e. The number of halogens is 2. The van der Waals surface area contributed by atoms with Crippen LogP contribution in [0.15, 0.2) is 46.3 Å². The fourth-order valence-electron chi connectivity index (χ4n) is 2.76. The Morgan fingerprint density at radius 2 is 2.04 bits per heavy atom. The normalized spacial score (nSPS) is 11.0. The lowest BCUT2D eigenvalue weighted by atomic mass is 10.2. The number of nitrogens with one attached hydrogen (secondary N) is 1. The van der Waals surface area contributed by atoms with Gasteiger partial charge in [0.1, 0.15) is 0 Å².